The summed E-state index contributed by atoms with van der Waals surface area (Å²) in [6, 6.07) is 4.81. The molecule has 1 aliphatic rings. The van der Waals surface area contributed by atoms with E-state index in [0.717, 1.165) is 25.7 Å². The molecule has 1 aromatic heterocycles. The fraction of sp³-hybridized carbons (Fsp3) is 0.471. The zero-order valence-corrected chi connectivity index (χ0v) is 17.9. The molecule has 0 spiro atoms. The lowest BCUT2D eigenvalue weighted by Gasteiger charge is -2.37. The van der Waals surface area contributed by atoms with Crippen molar-refractivity contribution < 1.29 is 14.4 Å². The van der Waals surface area contributed by atoms with Crippen LogP contribution < -0.4 is 0 Å². The second-order valence-electron chi connectivity index (χ2n) is 6.76. The van der Waals surface area contributed by atoms with Crippen LogP contribution in [0.1, 0.15) is 34.0 Å². The van der Waals surface area contributed by atoms with Gasteiger partial charge in [-0.25, -0.2) is 13.4 Å². The van der Waals surface area contributed by atoms with Crippen LogP contribution in [-0.2, 0) is 14.5 Å². The van der Waals surface area contributed by atoms with Gasteiger partial charge in [0.05, 0.1) is 16.5 Å². The predicted molar refractivity (Wildman–Crippen MR) is 110 cm³/mol. The van der Waals surface area contributed by atoms with Crippen LogP contribution in [0.25, 0.3) is 10.8 Å². The predicted octanol–water partition coefficient (Wildman–Crippen LogP) is 4.92. The highest BCUT2D eigenvalue weighted by Crippen LogP contribution is 2.39. The number of benzene rings is 1. The van der Waals surface area contributed by atoms with E-state index in [1.807, 2.05) is 6.92 Å². The summed E-state index contributed by atoms with van der Waals surface area (Å²) in [5.41, 5.74) is -0.409. The van der Waals surface area contributed by atoms with Crippen molar-refractivity contribution in [3.05, 3.63) is 34.6 Å². The van der Waals surface area contributed by atoms with Crippen molar-refractivity contribution in [2.45, 2.75) is 43.0 Å². The van der Waals surface area contributed by atoms with Crippen molar-refractivity contribution in [1.82, 2.24) is 9.29 Å². The number of nitrogens with zero attached hydrogens (tertiary/aromatic N) is 2. The fourth-order valence-corrected chi connectivity index (χ4v) is 6.01. The average molecular weight is 439 g/mol. The molecule has 1 unspecified atom stereocenters. The Kier molecular flexibility index (Phi) is 6.12. The van der Waals surface area contributed by atoms with E-state index >= 15 is 0 Å². The molecule has 0 amide bonds. The molecule has 3 rings (SSSR count). The van der Waals surface area contributed by atoms with Crippen molar-refractivity contribution in [2.24, 2.45) is 0 Å². The highest BCUT2D eigenvalue weighted by Gasteiger charge is 2.42. The molecule has 0 aliphatic heterocycles. The number of fused-ring (bicyclic) bond motifs is 1. The van der Waals surface area contributed by atoms with Crippen LogP contribution in [0.3, 0.4) is 0 Å². The summed E-state index contributed by atoms with van der Waals surface area (Å²) in [6.07, 6.45) is 5.18. The largest absolute Gasteiger partial charge is 0.364 e. The normalized spacial score (nSPS) is 17.3. The van der Waals surface area contributed by atoms with Gasteiger partial charge in [-0.2, -0.15) is 4.31 Å². The zero-order chi connectivity index (χ0) is 18.9. The standard InChI is InChI=1S/C17H21Cl2N2O3PS.H2/c1-17(6-2-3-7-17)21(8-9-24-25)26(22,23)12-4-5-13-14(10-12)16(19)20-11-15(13)18;/h4-5,10-11H,2-3,6-9,25H2,1H3;1H/i;1+2. The van der Waals surface area contributed by atoms with E-state index in [0.29, 0.717) is 28.9 Å². The maximum absolute atomic E-state index is 13.4. The highest BCUT2D eigenvalue weighted by atomic mass is 35.5. The topological polar surface area (TPSA) is 59.5 Å². The van der Waals surface area contributed by atoms with Crippen molar-refractivity contribution in [3.63, 3.8) is 0 Å². The molecule has 1 heterocycles. The Morgan fingerprint density at radius 1 is 1.31 bits per heavy atom. The molecule has 9 heteroatoms. The quantitative estimate of drug-likeness (QED) is 0.474. The molecular formula is C17H23Cl2N2O3PS. The molecule has 2 aromatic rings. The molecule has 0 bridgehead atoms. The highest BCUT2D eigenvalue weighted by molar-refractivity contribution is 7.89. The second kappa shape index (κ2) is 7.86. The summed E-state index contributed by atoms with van der Waals surface area (Å²) in [5, 5.41) is 1.87. The summed E-state index contributed by atoms with van der Waals surface area (Å²) in [4.78, 5) is 4.21. The SMILES string of the molecule is CC1(N(CCOP)S(=O)(=O)c2ccc3c(Cl)cnc(Cl)c3c2)CCCC1.[3HH]. The number of rotatable bonds is 6. The molecule has 144 valence electrons. The van der Waals surface area contributed by atoms with Gasteiger partial charge in [-0.1, -0.05) is 42.1 Å². The molecule has 5 nitrogen and oxygen atoms in total. The first-order chi connectivity index (χ1) is 12.3. The van der Waals surface area contributed by atoms with E-state index in [4.69, 9.17) is 27.7 Å². The maximum Gasteiger partial charge on any atom is 0.243 e. The summed E-state index contributed by atoms with van der Waals surface area (Å²) < 4.78 is 33.5. The molecule has 0 N–H and O–H groups in total. The van der Waals surface area contributed by atoms with Crippen LogP contribution in [-0.4, -0.2) is 36.4 Å². The van der Waals surface area contributed by atoms with E-state index in [1.165, 1.54) is 6.20 Å². The first-order valence-corrected chi connectivity index (χ1v) is 11.0. The van der Waals surface area contributed by atoms with Gasteiger partial charge in [0.2, 0.25) is 10.0 Å². The third-order valence-corrected chi connectivity index (χ3v) is 7.94. The molecule has 1 saturated carbocycles. The molecule has 1 aliphatic carbocycles. The Labute approximate surface area is 167 Å². The first kappa shape index (κ1) is 20.2. The summed E-state index contributed by atoms with van der Waals surface area (Å²) in [7, 11) is -1.55. The molecule has 1 atom stereocenters. The van der Waals surface area contributed by atoms with Crippen LogP contribution in [0.2, 0.25) is 10.2 Å². The van der Waals surface area contributed by atoms with Crippen molar-refractivity contribution in [2.75, 3.05) is 13.2 Å². The molecule has 0 radical (unpaired) electrons. The number of halogens is 2. The Balaban J connectivity index is 0.00000261. The Morgan fingerprint density at radius 3 is 2.65 bits per heavy atom. The lowest BCUT2D eigenvalue weighted by atomic mass is 10.0. The number of sulfonamides is 1. The van der Waals surface area contributed by atoms with Gasteiger partial charge in [-0.15, -0.1) is 0 Å². The number of hydrogen-bond acceptors (Lipinski definition) is 4. The van der Waals surface area contributed by atoms with E-state index in [9.17, 15) is 8.42 Å². The average Bonchev–Trinajstić information content (AvgIpc) is 3.05. The monoisotopic (exact) mass is 438 g/mol. The third kappa shape index (κ3) is 3.73. The minimum atomic E-state index is -3.72. The van der Waals surface area contributed by atoms with E-state index in [1.54, 1.807) is 22.5 Å². The second-order valence-corrected chi connectivity index (χ2v) is 9.72. The van der Waals surface area contributed by atoms with Crippen molar-refractivity contribution >= 4 is 53.5 Å². The number of pyridine rings is 1. The van der Waals surface area contributed by atoms with E-state index in [2.05, 4.69) is 14.5 Å². The molecular weight excluding hydrogens is 414 g/mol. The molecule has 0 saturated heterocycles. The van der Waals surface area contributed by atoms with Gasteiger partial charge < -0.3 is 4.52 Å². The Bertz CT molecular complexity index is 924. The molecule has 1 fully saturated rings. The van der Waals surface area contributed by atoms with E-state index < -0.39 is 15.6 Å². The van der Waals surface area contributed by atoms with E-state index in [-0.39, 0.29) is 11.5 Å². The molecule has 1 aromatic carbocycles. The van der Waals surface area contributed by atoms with Crippen LogP contribution in [0.15, 0.2) is 29.3 Å². The summed E-state index contributed by atoms with van der Waals surface area (Å²) in [5.74, 6) is 0. The van der Waals surface area contributed by atoms with Gasteiger partial charge in [0, 0.05) is 39.9 Å². The van der Waals surface area contributed by atoms with Crippen molar-refractivity contribution in [3.8, 4) is 0 Å². The lowest BCUT2D eigenvalue weighted by Crippen LogP contribution is -2.49. The summed E-state index contributed by atoms with van der Waals surface area (Å²) >= 11 is 12.3. The Hall–Kier alpha value is -0.490. The van der Waals surface area contributed by atoms with Gasteiger partial charge in [0.1, 0.15) is 5.15 Å². The fourth-order valence-electron chi connectivity index (χ4n) is 3.64. The van der Waals surface area contributed by atoms with Gasteiger partial charge >= 0.3 is 0 Å². The minimum Gasteiger partial charge on any atom is -0.364 e. The Morgan fingerprint density at radius 2 is 2.00 bits per heavy atom. The third-order valence-electron chi connectivity index (χ3n) is 5.04. The number of aromatic nitrogens is 1. The lowest BCUT2D eigenvalue weighted by molar-refractivity contribution is 0.185. The maximum atomic E-state index is 13.4. The minimum absolute atomic E-state index is 0. The van der Waals surface area contributed by atoms with Crippen LogP contribution in [0.5, 0.6) is 0 Å². The zero-order valence-electron chi connectivity index (χ0n) is 14.4. The van der Waals surface area contributed by atoms with Gasteiger partial charge in [-0.3, -0.25) is 0 Å². The van der Waals surface area contributed by atoms with Crippen LogP contribution in [0.4, 0.5) is 0 Å². The van der Waals surface area contributed by atoms with Gasteiger partial charge in [0.15, 0.2) is 0 Å². The summed E-state index contributed by atoms with van der Waals surface area (Å²) in [6.45, 7) is 2.61. The van der Waals surface area contributed by atoms with Crippen LogP contribution in [0, 0.1) is 0 Å². The van der Waals surface area contributed by atoms with Crippen LogP contribution >= 0.6 is 32.7 Å². The van der Waals surface area contributed by atoms with Crippen molar-refractivity contribution in [1.29, 1.82) is 0 Å². The first-order valence-electron chi connectivity index (χ1n) is 8.38. The van der Waals surface area contributed by atoms with Gasteiger partial charge in [0.25, 0.3) is 0 Å². The van der Waals surface area contributed by atoms with Gasteiger partial charge in [-0.05, 0) is 31.9 Å². The molecule has 26 heavy (non-hydrogen) atoms. The number of hydrogen-bond donors (Lipinski definition) is 0. The smallest absolute Gasteiger partial charge is 0.243 e.